The minimum atomic E-state index is -0.563. The average molecular weight is 542 g/mol. The number of piperidine rings is 1. The van der Waals surface area contributed by atoms with Gasteiger partial charge in [-0.25, -0.2) is 9.37 Å². The van der Waals surface area contributed by atoms with E-state index in [0.29, 0.717) is 48.5 Å². The number of likely N-dealkylation sites (tertiary alicyclic amines) is 1. The fourth-order valence-corrected chi connectivity index (χ4v) is 6.01. The lowest BCUT2D eigenvalue weighted by Gasteiger charge is -2.51. The summed E-state index contributed by atoms with van der Waals surface area (Å²) in [6.45, 7) is 9.62. The Bertz CT molecular complexity index is 1200. The number of carbonyl (C=O) groups excluding carboxylic acids is 2. The zero-order valence-corrected chi connectivity index (χ0v) is 23.2. The number of piperazine rings is 1. The summed E-state index contributed by atoms with van der Waals surface area (Å²) in [6.07, 6.45) is 4.94. The monoisotopic (exact) mass is 541 g/mol. The quantitative estimate of drug-likeness (QED) is 0.575. The van der Waals surface area contributed by atoms with Gasteiger partial charge in [-0.15, -0.1) is 0 Å². The van der Waals surface area contributed by atoms with E-state index in [2.05, 4.69) is 33.9 Å². The summed E-state index contributed by atoms with van der Waals surface area (Å²) >= 11 is 5.78. The molecule has 2 saturated heterocycles. The number of rotatable bonds is 6. The first-order valence-corrected chi connectivity index (χ1v) is 14.2. The number of hydrogen-bond donors (Lipinski definition) is 1. The van der Waals surface area contributed by atoms with E-state index in [1.54, 1.807) is 6.07 Å². The Kier molecular flexibility index (Phi) is 7.91. The molecule has 1 aromatic carbocycles. The van der Waals surface area contributed by atoms with Gasteiger partial charge in [-0.3, -0.25) is 14.5 Å². The number of nitrogens with zero attached hydrogens (tertiary/aromatic N) is 4. The predicted molar refractivity (Wildman–Crippen MR) is 147 cm³/mol. The van der Waals surface area contributed by atoms with Crippen molar-refractivity contribution in [3.8, 4) is 0 Å². The molecule has 2 aliphatic heterocycles. The van der Waals surface area contributed by atoms with Gasteiger partial charge in [0.05, 0.1) is 16.4 Å². The van der Waals surface area contributed by atoms with Gasteiger partial charge < -0.3 is 15.1 Å². The third-order valence-corrected chi connectivity index (χ3v) is 8.56. The van der Waals surface area contributed by atoms with Gasteiger partial charge in [0.15, 0.2) is 0 Å². The van der Waals surface area contributed by atoms with Gasteiger partial charge in [0, 0.05) is 55.9 Å². The maximum Gasteiger partial charge on any atom is 0.270 e. The van der Waals surface area contributed by atoms with E-state index >= 15 is 0 Å². The number of hydrogen-bond acceptors (Lipinski definition) is 5. The number of amides is 2. The van der Waals surface area contributed by atoms with Crippen molar-refractivity contribution < 1.29 is 14.0 Å². The number of aryl methyl sites for hydroxylation is 1. The molecule has 2 atom stereocenters. The lowest BCUT2D eigenvalue weighted by atomic mass is 9.95. The lowest BCUT2D eigenvalue weighted by molar-refractivity contribution is 0.0435. The molecule has 1 aliphatic carbocycles. The van der Waals surface area contributed by atoms with E-state index in [9.17, 15) is 14.0 Å². The first kappa shape index (κ1) is 26.9. The second kappa shape index (κ2) is 11.2. The maximum absolute atomic E-state index is 13.9. The third kappa shape index (κ3) is 5.66. The van der Waals surface area contributed by atoms with Crippen LogP contribution in [0.5, 0.6) is 0 Å². The van der Waals surface area contributed by atoms with Crippen molar-refractivity contribution in [2.75, 3.05) is 31.1 Å². The van der Waals surface area contributed by atoms with E-state index in [-0.39, 0.29) is 16.8 Å². The average Bonchev–Trinajstić information content (AvgIpc) is 3.74. The number of aromatic nitrogens is 1. The van der Waals surface area contributed by atoms with Crippen molar-refractivity contribution in [2.24, 2.45) is 0 Å². The summed E-state index contributed by atoms with van der Waals surface area (Å²) in [4.78, 5) is 36.9. The summed E-state index contributed by atoms with van der Waals surface area (Å²) in [5.74, 6) is -0.786. The third-order valence-electron chi connectivity index (χ3n) is 8.25. The minimum Gasteiger partial charge on any atom is -0.365 e. The fraction of sp³-hybridized carbons (Fsp3) is 0.552. The number of pyridine rings is 1. The molecule has 38 heavy (non-hydrogen) atoms. The highest BCUT2D eigenvalue weighted by Crippen LogP contribution is 2.31. The predicted octanol–water partition coefficient (Wildman–Crippen LogP) is 4.67. The molecule has 204 valence electrons. The smallest absolute Gasteiger partial charge is 0.270 e. The van der Waals surface area contributed by atoms with Gasteiger partial charge >= 0.3 is 0 Å². The van der Waals surface area contributed by atoms with Crippen LogP contribution in [0.4, 0.5) is 10.1 Å². The van der Waals surface area contributed by atoms with Crippen molar-refractivity contribution in [1.29, 1.82) is 0 Å². The molecule has 3 aliphatic rings. The van der Waals surface area contributed by atoms with E-state index in [4.69, 9.17) is 11.6 Å². The van der Waals surface area contributed by atoms with Crippen LogP contribution in [0.2, 0.25) is 5.02 Å². The van der Waals surface area contributed by atoms with Gasteiger partial charge in [0.25, 0.3) is 11.8 Å². The van der Waals surface area contributed by atoms with Crippen LogP contribution in [-0.2, 0) is 0 Å². The lowest BCUT2D eigenvalue weighted by Crippen LogP contribution is -2.61. The molecule has 2 amide bonds. The number of benzene rings is 1. The molecule has 0 radical (unpaired) electrons. The van der Waals surface area contributed by atoms with E-state index in [0.717, 1.165) is 56.6 Å². The van der Waals surface area contributed by atoms with Gasteiger partial charge in [-0.2, -0.15) is 0 Å². The van der Waals surface area contributed by atoms with E-state index in [1.165, 1.54) is 12.1 Å². The van der Waals surface area contributed by atoms with Crippen LogP contribution in [0.3, 0.4) is 0 Å². The van der Waals surface area contributed by atoms with Crippen LogP contribution in [-0.4, -0.2) is 76.9 Å². The summed E-state index contributed by atoms with van der Waals surface area (Å²) in [7, 11) is 0. The van der Waals surface area contributed by atoms with Gasteiger partial charge in [-0.1, -0.05) is 18.5 Å². The second-order valence-electron chi connectivity index (χ2n) is 11.0. The van der Waals surface area contributed by atoms with E-state index < -0.39 is 5.82 Å². The zero-order valence-electron chi connectivity index (χ0n) is 22.4. The Morgan fingerprint density at radius 1 is 1.11 bits per heavy atom. The molecular weight excluding hydrogens is 505 g/mol. The maximum atomic E-state index is 13.9. The molecule has 0 bridgehead atoms. The molecule has 9 heteroatoms. The first-order valence-electron chi connectivity index (χ1n) is 13.8. The van der Waals surface area contributed by atoms with Crippen molar-refractivity contribution in [2.45, 2.75) is 77.0 Å². The summed E-state index contributed by atoms with van der Waals surface area (Å²) < 4.78 is 13.9. The summed E-state index contributed by atoms with van der Waals surface area (Å²) in [5, 5.41) is 3.05. The molecule has 0 unspecified atom stereocenters. The Balaban J connectivity index is 1.21. The molecule has 2 aromatic rings. The highest BCUT2D eigenvalue weighted by molar-refractivity contribution is 6.30. The number of anilines is 1. The molecule has 0 spiro atoms. The second-order valence-corrected chi connectivity index (χ2v) is 11.4. The van der Waals surface area contributed by atoms with Gasteiger partial charge in [-0.05, 0) is 76.3 Å². The van der Waals surface area contributed by atoms with Crippen molar-refractivity contribution in [3.63, 3.8) is 0 Å². The molecule has 3 heterocycles. The minimum absolute atomic E-state index is 0.0279. The Morgan fingerprint density at radius 3 is 2.47 bits per heavy atom. The van der Waals surface area contributed by atoms with Crippen molar-refractivity contribution in [3.05, 3.63) is 58.1 Å². The number of carbonyl (C=O) groups is 2. The van der Waals surface area contributed by atoms with Crippen LogP contribution in [0.15, 0.2) is 30.3 Å². The fourth-order valence-electron chi connectivity index (χ4n) is 5.89. The number of halogens is 2. The molecule has 7 nitrogen and oxygen atoms in total. The normalized spacial score (nSPS) is 23.0. The van der Waals surface area contributed by atoms with Crippen LogP contribution < -0.4 is 10.2 Å². The van der Waals surface area contributed by atoms with Gasteiger partial charge in [0.2, 0.25) is 0 Å². The van der Waals surface area contributed by atoms with E-state index in [1.807, 2.05) is 24.0 Å². The molecule has 1 N–H and O–H groups in total. The van der Waals surface area contributed by atoms with Crippen molar-refractivity contribution in [1.82, 2.24) is 20.1 Å². The van der Waals surface area contributed by atoms with Gasteiger partial charge in [0.1, 0.15) is 11.5 Å². The Labute approximate surface area is 229 Å². The topological polar surface area (TPSA) is 68.8 Å². The van der Waals surface area contributed by atoms with Crippen molar-refractivity contribution >= 4 is 29.1 Å². The SMILES string of the molecule is CC[C@H]1CN(c2ccc(C(=O)NC3CC3)nc2C)[C@H](C)CN1C1CCN(C(=O)c2ccc(Cl)c(F)c2)CC1. The summed E-state index contributed by atoms with van der Waals surface area (Å²) in [6, 6.07) is 9.56. The molecule has 5 rings (SSSR count). The number of nitrogens with one attached hydrogen (secondary N) is 1. The largest absolute Gasteiger partial charge is 0.365 e. The van der Waals surface area contributed by atoms with Crippen LogP contribution in [0.1, 0.15) is 72.5 Å². The zero-order chi connectivity index (χ0) is 27.0. The Hall–Kier alpha value is -2.71. The van der Waals surface area contributed by atoms with Crippen LogP contribution >= 0.6 is 11.6 Å². The molecule has 1 aromatic heterocycles. The standard InChI is InChI=1S/C29H37ClFN5O2/c1-4-22-17-35(27-10-9-26(32-19(27)3)28(37)33-21-6-7-21)18(2)16-36(22)23-11-13-34(14-12-23)29(38)20-5-8-24(30)25(31)15-20/h5,8-10,15,18,21-23H,4,6-7,11-14,16-17H2,1-3H3,(H,33,37)/t18-,22+/m1/s1. The first-order chi connectivity index (χ1) is 18.2. The molecule has 3 fully saturated rings. The molecular formula is C29H37ClFN5O2. The Morgan fingerprint density at radius 2 is 1.84 bits per heavy atom. The highest BCUT2D eigenvalue weighted by Gasteiger charge is 2.37. The highest BCUT2D eigenvalue weighted by atomic mass is 35.5. The molecule has 1 saturated carbocycles. The van der Waals surface area contributed by atoms with Crippen LogP contribution in [0, 0.1) is 12.7 Å². The van der Waals surface area contributed by atoms with Crippen LogP contribution in [0.25, 0.3) is 0 Å². The summed E-state index contributed by atoms with van der Waals surface area (Å²) in [5.41, 5.74) is 2.81.